The van der Waals surface area contributed by atoms with Crippen LogP contribution >= 0.6 is 23.2 Å². The molecule has 2 rings (SSSR count). The van der Waals surface area contributed by atoms with Crippen LogP contribution in [0.4, 0.5) is 10.1 Å². The van der Waals surface area contributed by atoms with Crippen molar-refractivity contribution >= 4 is 34.8 Å². The van der Waals surface area contributed by atoms with Crippen LogP contribution in [-0.4, -0.2) is 12.5 Å². The van der Waals surface area contributed by atoms with Crippen molar-refractivity contribution in [2.75, 3.05) is 11.9 Å². The van der Waals surface area contributed by atoms with E-state index >= 15 is 0 Å². The van der Waals surface area contributed by atoms with E-state index in [2.05, 4.69) is 10.6 Å². The van der Waals surface area contributed by atoms with E-state index in [4.69, 9.17) is 23.2 Å². The van der Waals surface area contributed by atoms with Gasteiger partial charge in [0.2, 0.25) is 5.91 Å². The molecule has 0 aliphatic heterocycles. The van der Waals surface area contributed by atoms with Gasteiger partial charge in [-0.25, -0.2) is 4.39 Å². The van der Waals surface area contributed by atoms with Crippen LogP contribution < -0.4 is 10.6 Å². The third kappa shape index (κ3) is 4.90. The lowest BCUT2D eigenvalue weighted by molar-refractivity contribution is -0.121. The number of carbonyl (C=O) groups excluding carboxylic acids is 1. The number of halogens is 3. The van der Waals surface area contributed by atoms with E-state index < -0.39 is 0 Å². The fraction of sp³-hybridized carbons (Fsp3) is 0.188. The Hall–Kier alpha value is -1.78. The first-order chi connectivity index (χ1) is 10.6. The smallest absolute Gasteiger partial charge is 0.222 e. The molecule has 0 radical (unpaired) electrons. The average Bonchev–Trinajstić information content (AvgIpc) is 2.51. The third-order valence-corrected chi connectivity index (χ3v) is 3.84. The van der Waals surface area contributed by atoms with Crippen molar-refractivity contribution in [2.45, 2.75) is 13.0 Å². The lowest BCUT2D eigenvalue weighted by atomic mass is 10.2. The molecule has 1 amide bonds. The molecule has 0 fully saturated rings. The molecule has 0 unspecified atom stereocenters. The van der Waals surface area contributed by atoms with Gasteiger partial charge in [0.05, 0.1) is 15.7 Å². The molecule has 3 nitrogen and oxygen atoms in total. The van der Waals surface area contributed by atoms with Crippen molar-refractivity contribution in [3.8, 4) is 0 Å². The highest BCUT2D eigenvalue weighted by Gasteiger charge is 2.05. The van der Waals surface area contributed by atoms with Crippen LogP contribution in [0.2, 0.25) is 10.0 Å². The summed E-state index contributed by atoms with van der Waals surface area (Å²) >= 11 is 11.9. The van der Waals surface area contributed by atoms with Gasteiger partial charge in [-0.1, -0.05) is 41.4 Å². The molecule has 0 spiro atoms. The quantitative estimate of drug-likeness (QED) is 0.825. The second kappa shape index (κ2) is 8.01. The van der Waals surface area contributed by atoms with E-state index in [1.54, 1.807) is 30.3 Å². The van der Waals surface area contributed by atoms with Crippen LogP contribution in [0.3, 0.4) is 0 Å². The van der Waals surface area contributed by atoms with Crippen LogP contribution in [0.5, 0.6) is 0 Å². The minimum absolute atomic E-state index is 0.102. The Balaban J connectivity index is 1.74. The summed E-state index contributed by atoms with van der Waals surface area (Å²) in [5.74, 6) is -0.396. The van der Waals surface area contributed by atoms with Gasteiger partial charge in [0, 0.05) is 19.5 Å². The molecule has 0 bridgehead atoms. The maximum absolute atomic E-state index is 12.8. The molecular formula is C16H15Cl2FN2O. The Morgan fingerprint density at radius 3 is 2.55 bits per heavy atom. The Morgan fingerprint density at radius 2 is 1.82 bits per heavy atom. The monoisotopic (exact) mass is 340 g/mol. The molecule has 116 valence electrons. The summed E-state index contributed by atoms with van der Waals surface area (Å²) in [6.45, 7) is 0.812. The number of amides is 1. The molecule has 2 N–H and O–H groups in total. The molecule has 0 saturated carbocycles. The topological polar surface area (TPSA) is 41.1 Å². The van der Waals surface area contributed by atoms with Gasteiger partial charge in [0.25, 0.3) is 0 Å². The van der Waals surface area contributed by atoms with E-state index in [9.17, 15) is 9.18 Å². The summed E-state index contributed by atoms with van der Waals surface area (Å²) in [6, 6.07) is 11.3. The normalized spacial score (nSPS) is 10.3. The molecule has 2 aromatic rings. The van der Waals surface area contributed by atoms with Crippen molar-refractivity contribution in [1.82, 2.24) is 5.32 Å². The van der Waals surface area contributed by atoms with Crippen LogP contribution in [0.25, 0.3) is 0 Å². The lowest BCUT2D eigenvalue weighted by Crippen LogP contribution is -2.24. The van der Waals surface area contributed by atoms with E-state index in [-0.39, 0.29) is 11.7 Å². The standard InChI is InChI=1S/C16H15Cl2FN2O/c17-13-2-1-3-14(16(13)18)20-9-8-15(22)21-10-11-4-6-12(19)7-5-11/h1-7,20H,8-10H2,(H,21,22). The molecule has 0 saturated heterocycles. The molecule has 22 heavy (non-hydrogen) atoms. The zero-order valence-corrected chi connectivity index (χ0v) is 13.2. The maximum Gasteiger partial charge on any atom is 0.222 e. The molecule has 0 aliphatic carbocycles. The van der Waals surface area contributed by atoms with E-state index in [1.165, 1.54) is 12.1 Å². The largest absolute Gasteiger partial charge is 0.383 e. The first kappa shape index (κ1) is 16.6. The Kier molecular flexibility index (Phi) is 6.04. The van der Waals surface area contributed by atoms with Crippen LogP contribution in [-0.2, 0) is 11.3 Å². The fourth-order valence-electron chi connectivity index (χ4n) is 1.84. The van der Waals surface area contributed by atoms with Crippen LogP contribution in [0.15, 0.2) is 42.5 Å². The Labute approximate surface area is 138 Å². The molecule has 0 aromatic heterocycles. The molecule has 0 aliphatic rings. The van der Waals surface area contributed by atoms with Gasteiger partial charge in [-0.05, 0) is 29.8 Å². The van der Waals surface area contributed by atoms with Crippen molar-refractivity contribution in [3.05, 3.63) is 63.9 Å². The highest BCUT2D eigenvalue weighted by Crippen LogP contribution is 2.29. The van der Waals surface area contributed by atoms with Crippen molar-refractivity contribution in [3.63, 3.8) is 0 Å². The Morgan fingerprint density at radius 1 is 1.09 bits per heavy atom. The number of hydrogen-bond acceptors (Lipinski definition) is 2. The van der Waals surface area contributed by atoms with Gasteiger partial charge in [-0.3, -0.25) is 4.79 Å². The van der Waals surface area contributed by atoms with Gasteiger partial charge in [0.1, 0.15) is 5.82 Å². The van der Waals surface area contributed by atoms with Gasteiger partial charge in [-0.15, -0.1) is 0 Å². The Bertz CT molecular complexity index is 647. The SMILES string of the molecule is O=C(CCNc1cccc(Cl)c1Cl)NCc1ccc(F)cc1. The second-order valence-corrected chi connectivity index (χ2v) is 5.47. The number of hydrogen-bond donors (Lipinski definition) is 2. The highest BCUT2D eigenvalue weighted by molar-refractivity contribution is 6.43. The predicted molar refractivity (Wildman–Crippen MR) is 87.8 cm³/mol. The van der Waals surface area contributed by atoms with Gasteiger partial charge in [0.15, 0.2) is 0 Å². The first-order valence-electron chi connectivity index (χ1n) is 6.75. The summed E-state index contributed by atoms with van der Waals surface area (Å²) in [6.07, 6.45) is 0.296. The van der Waals surface area contributed by atoms with Crippen molar-refractivity contribution < 1.29 is 9.18 Å². The number of benzene rings is 2. The summed E-state index contributed by atoms with van der Waals surface area (Å²) in [7, 11) is 0. The van der Waals surface area contributed by atoms with E-state index in [0.29, 0.717) is 35.2 Å². The van der Waals surface area contributed by atoms with Gasteiger partial charge >= 0.3 is 0 Å². The van der Waals surface area contributed by atoms with Crippen molar-refractivity contribution in [2.24, 2.45) is 0 Å². The van der Waals surface area contributed by atoms with E-state index in [1.807, 2.05) is 0 Å². The molecule has 2 aromatic carbocycles. The minimum atomic E-state index is -0.294. The molecule has 6 heteroatoms. The second-order valence-electron chi connectivity index (χ2n) is 4.68. The molecular weight excluding hydrogens is 326 g/mol. The lowest BCUT2D eigenvalue weighted by Gasteiger charge is -2.09. The molecule has 0 atom stereocenters. The van der Waals surface area contributed by atoms with Gasteiger partial charge < -0.3 is 10.6 Å². The predicted octanol–water partition coefficient (Wildman–Crippen LogP) is 4.25. The number of carbonyl (C=O) groups is 1. The third-order valence-electron chi connectivity index (χ3n) is 3.02. The van der Waals surface area contributed by atoms with Crippen molar-refractivity contribution in [1.29, 1.82) is 0 Å². The number of rotatable bonds is 6. The number of anilines is 1. The zero-order chi connectivity index (χ0) is 15.9. The van der Waals surface area contributed by atoms with E-state index in [0.717, 1.165) is 5.56 Å². The zero-order valence-electron chi connectivity index (χ0n) is 11.7. The van der Waals surface area contributed by atoms with Crippen LogP contribution in [0, 0.1) is 5.82 Å². The summed E-state index contributed by atoms with van der Waals surface area (Å²) in [5.41, 5.74) is 1.54. The summed E-state index contributed by atoms with van der Waals surface area (Å²) in [4.78, 5) is 11.7. The molecule has 0 heterocycles. The van der Waals surface area contributed by atoms with Crippen LogP contribution in [0.1, 0.15) is 12.0 Å². The highest BCUT2D eigenvalue weighted by atomic mass is 35.5. The summed E-state index contributed by atoms with van der Waals surface area (Å²) in [5, 5.41) is 6.74. The average molecular weight is 341 g/mol. The number of nitrogens with one attached hydrogen (secondary N) is 2. The van der Waals surface area contributed by atoms with Gasteiger partial charge in [-0.2, -0.15) is 0 Å². The fourth-order valence-corrected chi connectivity index (χ4v) is 2.21. The maximum atomic E-state index is 12.8. The summed E-state index contributed by atoms with van der Waals surface area (Å²) < 4.78 is 12.8. The minimum Gasteiger partial charge on any atom is -0.383 e. The first-order valence-corrected chi connectivity index (χ1v) is 7.51.